The summed E-state index contributed by atoms with van der Waals surface area (Å²) in [7, 11) is 1.57. The molecule has 1 N–H and O–H groups in total. The minimum atomic E-state index is -0.715. The van der Waals surface area contributed by atoms with Gasteiger partial charge in [0.25, 0.3) is 5.91 Å². The molecule has 0 aromatic heterocycles. The van der Waals surface area contributed by atoms with E-state index < -0.39 is 6.04 Å². The number of nitrogens with one attached hydrogen (secondary N) is 1. The molecule has 33 heavy (non-hydrogen) atoms. The predicted octanol–water partition coefficient (Wildman–Crippen LogP) is 5.63. The summed E-state index contributed by atoms with van der Waals surface area (Å²) in [5.74, 6) is -0.169. The van der Waals surface area contributed by atoms with Crippen LogP contribution < -0.4 is 10.1 Å². The summed E-state index contributed by atoms with van der Waals surface area (Å²) in [6, 6.07) is 21.7. The van der Waals surface area contributed by atoms with Gasteiger partial charge in [-0.3, -0.25) is 9.59 Å². The highest BCUT2D eigenvalue weighted by Gasteiger charge is 2.30. The number of nitrogens with zero attached hydrogens (tertiary/aromatic N) is 1. The van der Waals surface area contributed by atoms with Gasteiger partial charge in [0.05, 0.1) is 5.02 Å². The number of ether oxygens (including phenoxy) is 1. The Labute approximate surface area is 215 Å². The van der Waals surface area contributed by atoms with Crippen LogP contribution in [0.5, 0.6) is 5.75 Å². The highest BCUT2D eigenvalue weighted by atomic mass is 79.9. The van der Waals surface area contributed by atoms with Gasteiger partial charge in [-0.05, 0) is 41.5 Å². The Hall–Kier alpha value is -2.35. The molecule has 0 aliphatic carbocycles. The van der Waals surface area contributed by atoms with Crippen LogP contribution in [0, 0.1) is 0 Å². The summed E-state index contributed by atoms with van der Waals surface area (Å²) in [5.41, 5.74) is 1.84. The van der Waals surface area contributed by atoms with Crippen molar-refractivity contribution in [3.05, 3.63) is 97.9 Å². The first-order valence-electron chi connectivity index (χ1n) is 10.2. The van der Waals surface area contributed by atoms with Gasteiger partial charge < -0.3 is 15.0 Å². The largest absolute Gasteiger partial charge is 0.482 e. The maximum Gasteiger partial charge on any atom is 0.261 e. The van der Waals surface area contributed by atoms with E-state index in [9.17, 15) is 9.59 Å². The molecule has 0 spiro atoms. The molecule has 172 valence electrons. The minimum absolute atomic E-state index is 0.246. The number of likely N-dealkylation sites (N-methyl/N-ethyl adjacent to an activating group) is 1. The highest BCUT2D eigenvalue weighted by molar-refractivity contribution is 9.10. The van der Waals surface area contributed by atoms with Crippen LogP contribution in [0.15, 0.2) is 81.7 Å². The molecule has 3 aromatic rings. The lowest BCUT2D eigenvalue weighted by Gasteiger charge is -2.31. The highest BCUT2D eigenvalue weighted by Crippen LogP contribution is 2.28. The SMILES string of the molecule is CNC(=O)[C@H](Cc1ccccc1)N(Cc1cccc(Br)c1)C(=O)COc1ccc(Br)cc1Cl. The lowest BCUT2D eigenvalue weighted by Crippen LogP contribution is -2.51. The third-order valence-electron chi connectivity index (χ3n) is 5.00. The lowest BCUT2D eigenvalue weighted by molar-refractivity contribution is -0.142. The van der Waals surface area contributed by atoms with E-state index in [1.807, 2.05) is 54.6 Å². The Morgan fingerprint density at radius 1 is 0.970 bits per heavy atom. The number of amides is 2. The smallest absolute Gasteiger partial charge is 0.261 e. The van der Waals surface area contributed by atoms with Crippen molar-refractivity contribution in [3.8, 4) is 5.75 Å². The topological polar surface area (TPSA) is 58.6 Å². The van der Waals surface area contributed by atoms with Gasteiger partial charge in [-0.15, -0.1) is 0 Å². The van der Waals surface area contributed by atoms with Crippen molar-refractivity contribution in [3.63, 3.8) is 0 Å². The van der Waals surface area contributed by atoms with Crippen molar-refractivity contribution in [2.45, 2.75) is 19.0 Å². The van der Waals surface area contributed by atoms with E-state index in [0.717, 1.165) is 20.1 Å². The Kier molecular flexibility index (Phi) is 9.35. The molecule has 0 aliphatic rings. The second-order valence-corrected chi connectivity index (χ2v) is 9.57. The molecule has 0 aliphatic heterocycles. The normalized spacial score (nSPS) is 11.5. The molecule has 0 radical (unpaired) electrons. The maximum atomic E-state index is 13.4. The Balaban J connectivity index is 1.88. The van der Waals surface area contributed by atoms with E-state index in [4.69, 9.17) is 16.3 Å². The minimum Gasteiger partial charge on any atom is -0.482 e. The first-order chi connectivity index (χ1) is 15.9. The quantitative estimate of drug-likeness (QED) is 0.350. The van der Waals surface area contributed by atoms with Crippen molar-refractivity contribution in [2.24, 2.45) is 0 Å². The molecule has 3 rings (SSSR count). The standard InChI is InChI=1S/C25H23Br2ClN2O3/c1-29-25(32)22(13-17-6-3-2-4-7-17)30(15-18-8-5-9-19(26)12-18)24(31)16-33-23-11-10-20(27)14-21(23)28/h2-12,14,22H,13,15-16H2,1H3,(H,29,32)/t22-/m0/s1. The molecule has 3 aromatic carbocycles. The number of hydrogen-bond donors (Lipinski definition) is 1. The van der Waals surface area contributed by atoms with E-state index in [1.165, 1.54) is 0 Å². The van der Waals surface area contributed by atoms with Gasteiger partial charge >= 0.3 is 0 Å². The van der Waals surface area contributed by atoms with Gasteiger partial charge in [-0.25, -0.2) is 0 Å². The van der Waals surface area contributed by atoms with Crippen LogP contribution in [-0.2, 0) is 22.6 Å². The average molecular weight is 595 g/mol. The van der Waals surface area contributed by atoms with E-state index in [2.05, 4.69) is 37.2 Å². The van der Waals surface area contributed by atoms with E-state index in [0.29, 0.717) is 17.2 Å². The molecule has 0 saturated heterocycles. The van der Waals surface area contributed by atoms with Crippen LogP contribution >= 0.6 is 43.5 Å². The third-order valence-corrected chi connectivity index (χ3v) is 6.29. The average Bonchev–Trinajstić information content (AvgIpc) is 2.81. The fourth-order valence-corrected chi connectivity index (χ4v) is 4.54. The second kappa shape index (κ2) is 12.2. The number of hydrogen-bond acceptors (Lipinski definition) is 3. The Morgan fingerprint density at radius 2 is 1.67 bits per heavy atom. The first-order valence-corrected chi connectivity index (χ1v) is 12.2. The van der Waals surface area contributed by atoms with Crippen LogP contribution in [0.3, 0.4) is 0 Å². The number of benzene rings is 3. The van der Waals surface area contributed by atoms with Gasteiger partial charge in [0.1, 0.15) is 11.8 Å². The van der Waals surface area contributed by atoms with Crippen molar-refractivity contribution in [1.29, 1.82) is 0 Å². The van der Waals surface area contributed by atoms with Gasteiger partial charge in [0.2, 0.25) is 5.91 Å². The van der Waals surface area contributed by atoms with Crippen LogP contribution in [0.2, 0.25) is 5.02 Å². The summed E-state index contributed by atoms with van der Waals surface area (Å²) in [5, 5.41) is 3.09. The molecule has 0 bridgehead atoms. The molecular weight excluding hydrogens is 572 g/mol. The maximum absolute atomic E-state index is 13.4. The van der Waals surface area contributed by atoms with Crippen LogP contribution in [0.1, 0.15) is 11.1 Å². The molecule has 0 saturated carbocycles. The molecule has 0 unspecified atom stereocenters. The van der Waals surface area contributed by atoms with E-state index in [1.54, 1.807) is 30.1 Å². The van der Waals surface area contributed by atoms with Crippen molar-refractivity contribution in [2.75, 3.05) is 13.7 Å². The summed E-state index contributed by atoms with van der Waals surface area (Å²) in [6.07, 6.45) is 0.374. The predicted molar refractivity (Wildman–Crippen MR) is 137 cm³/mol. The molecular formula is C25H23Br2ClN2O3. The second-order valence-electron chi connectivity index (χ2n) is 7.33. The van der Waals surface area contributed by atoms with Gasteiger partial charge in [-0.2, -0.15) is 0 Å². The van der Waals surface area contributed by atoms with Crippen LogP contribution in [0.4, 0.5) is 0 Å². The first kappa shape index (κ1) is 25.3. The van der Waals surface area contributed by atoms with Crippen LogP contribution in [-0.4, -0.2) is 36.4 Å². The molecule has 2 amide bonds. The molecule has 1 atom stereocenters. The zero-order chi connectivity index (χ0) is 23.8. The summed E-state index contributed by atoms with van der Waals surface area (Å²) in [6.45, 7) is -0.00172. The van der Waals surface area contributed by atoms with E-state index in [-0.39, 0.29) is 25.0 Å². The fourth-order valence-electron chi connectivity index (χ4n) is 3.37. The van der Waals surface area contributed by atoms with E-state index >= 15 is 0 Å². The summed E-state index contributed by atoms with van der Waals surface area (Å²) >= 11 is 13.1. The molecule has 0 heterocycles. The summed E-state index contributed by atoms with van der Waals surface area (Å²) in [4.78, 5) is 27.9. The van der Waals surface area contributed by atoms with Gasteiger partial charge in [-0.1, -0.05) is 85.9 Å². The van der Waals surface area contributed by atoms with Crippen molar-refractivity contribution >= 4 is 55.3 Å². The summed E-state index contributed by atoms with van der Waals surface area (Å²) < 4.78 is 7.43. The molecule has 8 heteroatoms. The zero-order valence-corrected chi connectivity index (χ0v) is 21.9. The Bertz CT molecular complexity index is 1110. The third kappa shape index (κ3) is 7.32. The van der Waals surface area contributed by atoms with Crippen molar-refractivity contribution < 1.29 is 14.3 Å². The van der Waals surface area contributed by atoms with Gasteiger partial charge in [0, 0.05) is 29.0 Å². The molecule has 0 fully saturated rings. The van der Waals surface area contributed by atoms with Gasteiger partial charge in [0.15, 0.2) is 6.61 Å². The zero-order valence-electron chi connectivity index (χ0n) is 17.9. The number of halogens is 3. The number of rotatable bonds is 9. The monoisotopic (exact) mass is 592 g/mol. The van der Waals surface area contributed by atoms with Crippen molar-refractivity contribution in [1.82, 2.24) is 10.2 Å². The Morgan fingerprint density at radius 3 is 2.33 bits per heavy atom. The fraction of sp³-hybridized carbons (Fsp3) is 0.200. The number of carbonyl (C=O) groups is 2. The molecule has 5 nitrogen and oxygen atoms in total. The van der Waals surface area contributed by atoms with Crippen LogP contribution in [0.25, 0.3) is 0 Å². The number of carbonyl (C=O) groups excluding carboxylic acids is 2. The lowest BCUT2D eigenvalue weighted by atomic mass is 10.0.